The van der Waals surface area contributed by atoms with Crippen LogP contribution >= 0.6 is 0 Å². The summed E-state index contributed by atoms with van der Waals surface area (Å²) in [4.78, 5) is 13.3. The minimum atomic E-state index is -3.65. The number of rotatable bonds is 4. The number of aliphatic hydroxyl groups is 1. The van der Waals surface area contributed by atoms with Crippen molar-refractivity contribution in [1.29, 1.82) is 0 Å². The minimum Gasteiger partial charge on any atom is -0.396 e. The highest BCUT2D eigenvalue weighted by molar-refractivity contribution is 7.89. The summed E-state index contributed by atoms with van der Waals surface area (Å²) in [7, 11) is -3.65. The number of sulfonamides is 1. The van der Waals surface area contributed by atoms with Crippen molar-refractivity contribution in [2.45, 2.75) is 36.6 Å². The van der Waals surface area contributed by atoms with Gasteiger partial charge in [-0.05, 0) is 24.8 Å². The summed E-state index contributed by atoms with van der Waals surface area (Å²) >= 11 is 0. The lowest BCUT2D eigenvalue weighted by Crippen LogP contribution is -2.43. The van der Waals surface area contributed by atoms with E-state index in [1.54, 1.807) is 0 Å². The fourth-order valence-corrected chi connectivity index (χ4v) is 3.72. The molecule has 2 atom stereocenters. The molecule has 6 nitrogen and oxygen atoms in total. The molecule has 0 spiro atoms. The Morgan fingerprint density at radius 2 is 2.05 bits per heavy atom. The maximum absolute atomic E-state index is 12.2. The average molecular weight is 286 g/mol. The summed E-state index contributed by atoms with van der Waals surface area (Å²) in [5, 5.41) is 9.28. The quantitative estimate of drug-likeness (QED) is 0.736. The summed E-state index contributed by atoms with van der Waals surface area (Å²) in [6.07, 6.45) is 4.71. The second-order valence-corrected chi connectivity index (χ2v) is 6.56. The summed E-state index contributed by atoms with van der Waals surface area (Å²) in [6, 6.07) is 2.22. The smallest absolute Gasteiger partial charge is 0.247 e. The number of H-pyrrole nitrogens is 1. The molecule has 7 heteroatoms. The molecular formula is C12H18N2O4S. The van der Waals surface area contributed by atoms with Crippen molar-refractivity contribution < 1.29 is 13.5 Å². The van der Waals surface area contributed by atoms with Gasteiger partial charge in [0.2, 0.25) is 15.6 Å². The fourth-order valence-electron chi connectivity index (χ4n) is 2.41. The second-order valence-electron chi connectivity index (χ2n) is 4.84. The van der Waals surface area contributed by atoms with Crippen LogP contribution in [0.4, 0.5) is 0 Å². The van der Waals surface area contributed by atoms with E-state index < -0.39 is 10.0 Å². The van der Waals surface area contributed by atoms with Crippen LogP contribution in [0.5, 0.6) is 0 Å². The van der Waals surface area contributed by atoms with Crippen LogP contribution < -0.4 is 10.3 Å². The molecule has 1 fully saturated rings. The molecule has 0 bridgehead atoms. The third kappa shape index (κ3) is 3.43. The topological polar surface area (TPSA) is 99.3 Å². The molecule has 106 valence electrons. The van der Waals surface area contributed by atoms with Gasteiger partial charge in [0.25, 0.3) is 0 Å². The maximum Gasteiger partial charge on any atom is 0.247 e. The van der Waals surface area contributed by atoms with Crippen LogP contribution in [-0.4, -0.2) is 31.2 Å². The van der Waals surface area contributed by atoms with Gasteiger partial charge in [-0.25, -0.2) is 13.1 Å². The molecule has 1 heterocycles. The zero-order valence-corrected chi connectivity index (χ0v) is 11.3. The van der Waals surface area contributed by atoms with Gasteiger partial charge >= 0.3 is 0 Å². The summed E-state index contributed by atoms with van der Waals surface area (Å²) in [5.41, 5.74) is -0.343. The first-order chi connectivity index (χ1) is 9.03. The standard InChI is InChI=1S/C12H18N2O4S/c15-8-9-3-1-2-4-11(9)14-19(17,18)10-5-6-12(16)13-7-10/h5-7,9,11,14-15H,1-4,8H2,(H,13,16). The highest BCUT2D eigenvalue weighted by atomic mass is 32.2. The third-order valence-corrected chi connectivity index (χ3v) is 5.00. The Morgan fingerprint density at radius 1 is 1.32 bits per heavy atom. The summed E-state index contributed by atoms with van der Waals surface area (Å²) in [6.45, 7) is -0.0151. The molecule has 0 aromatic carbocycles. The van der Waals surface area contributed by atoms with Crippen molar-refractivity contribution in [2.75, 3.05) is 6.61 Å². The van der Waals surface area contributed by atoms with E-state index in [4.69, 9.17) is 0 Å². The summed E-state index contributed by atoms with van der Waals surface area (Å²) in [5.74, 6) is -0.0358. The predicted molar refractivity (Wildman–Crippen MR) is 70.2 cm³/mol. The number of aliphatic hydroxyl groups excluding tert-OH is 1. The third-order valence-electron chi connectivity index (χ3n) is 3.52. The molecule has 3 N–H and O–H groups in total. The van der Waals surface area contributed by atoms with Crippen molar-refractivity contribution in [1.82, 2.24) is 9.71 Å². The molecule has 0 radical (unpaired) electrons. The van der Waals surface area contributed by atoms with E-state index in [9.17, 15) is 18.3 Å². The number of aromatic nitrogens is 1. The number of pyridine rings is 1. The monoisotopic (exact) mass is 286 g/mol. The lowest BCUT2D eigenvalue weighted by Gasteiger charge is -2.30. The summed E-state index contributed by atoms with van der Waals surface area (Å²) < 4.78 is 26.9. The molecule has 2 rings (SSSR count). The van der Waals surface area contributed by atoms with E-state index >= 15 is 0 Å². The molecule has 2 unspecified atom stereocenters. The lowest BCUT2D eigenvalue weighted by molar-refractivity contribution is 0.164. The van der Waals surface area contributed by atoms with Crippen molar-refractivity contribution in [3.63, 3.8) is 0 Å². The van der Waals surface area contributed by atoms with E-state index in [1.165, 1.54) is 18.3 Å². The van der Waals surface area contributed by atoms with E-state index in [0.29, 0.717) is 0 Å². The van der Waals surface area contributed by atoms with Gasteiger partial charge in [-0.3, -0.25) is 4.79 Å². The lowest BCUT2D eigenvalue weighted by atomic mass is 9.86. The molecular weight excluding hydrogens is 268 g/mol. The van der Waals surface area contributed by atoms with Crippen LogP contribution in [0.25, 0.3) is 0 Å². The molecule has 0 aliphatic heterocycles. The Labute approximate surface area is 111 Å². The molecule has 1 aromatic heterocycles. The Morgan fingerprint density at radius 3 is 2.68 bits per heavy atom. The first-order valence-electron chi connectivity index (χ1n) is 6.35. The Kier molecular flexibility index (Phi) is 4.38. The molecule has 19 heavy (non-hydrogen) atoms. The molecule has 0 amide bonds. The Bertz CT molecular complexity index is 561. The normalized spacial score (nSPS) is 24.3. The largest absolute Gasteiger partial charge is 0.396 e. The predicted octanol–water partition coefficient (Wildman–Crippen LogP) is 0.204. The van der Waals surface area contributed by atoms with Gasteiger partial charge in [-0.15, -0.1) is 0 Å². The van der Waals surface area contributed by atoms with Crippen LogP contribution in [-0.2, 0) is 10.0 Å². The van der Waals surface area contributed by atoms with Crippen LogP contribution in [0.3, 0.4) is 0 Å². The molecule has 1 aliphatic carbocycles. The molecule has 1 aromatic rings. The highest BCUT2D eigenvalue weighted by Gasteiger charge is 2.29. The highest BCUT2D eigenvalue weighted by Crippen LogP contribution is 2.25. The van der Waals surface area contributed by atoms with E-state index in [2.05, 4.69) is 9.71 Å². The van der Waals surface area contributed by atoms with Crippen LogP contribution in [0.1, 0.15) is 25.7 Å². The Balaban J connectivity index is 2.16. The van der Waals surface area contributed by atoms with Gasteiger partial charge in [0.1, 0.15) is 0 Å². The van der Waals surface area contributed by atoms with Gasteiger partial charge in [-0.1, -0.05) is 12.8 Å². The second kappa shape index (κ2) is 5.85. The van der Waals surface area contributed by atoms with Gasteiger partial charge in [0.15, 0.2) is 0 Å². The fraction of sp³-hybridized carbons (Fsp3) is 0.583. The molecule has 0 saturated heterocycles. The van der Waals surface area contributed by atoms with E-state index in [0.717, 1.165) is 25.7 Å². The van der Waals surface area contributed by atoms with E-state index in [1.807, 2.05) is 0 Å². The minimum absolute atomic E-state index is 0.0151. The maximum atomic E-state index is 12.2. The van der Waals surface area contributed by atoms with Gasteiger partial charge < -0.3 is 10.1 Å². The molecule has 1 aliphatic rings. The number of aromatic amines is 1. The molecule has 1 saturated carbocycles. The SMILES string of the molecule is O=c1ccc(S(=O)(=O)NC2CCCCC2CO)c[nH]1. The number of nitrogens with one attached hydrogen (secondary N) is 2. The van der Waals surface area contributed by atoms with Gasteiger partial charge in [-0.2, -0.15) is 0 Å². The van der Waals surface area contributed by atoms with Crippen molar-refractivity contribution in [3.8, 4) is 0 Å². The number of hydrogen-bond acceptors (Lipinski definition) is 4. The van der Waals surface area contributed by atoms with Crippen LogP contribution in [0.2, 0.25) is 0 Å². The van der Waals surface area contributed by atoms with Crippen molar-refractivity contribution >= 4 is 10.0 Å². The Hall–Kier alpha value is -1.18. The van der Waals surface area contributed by atoms with Gasteiger partial charge in [0, 0.05) is 24.9 Å². The van der Waals surface area contributed by atoms with Gasteiger partial charge in [0.05, 0.1) is 4.90 Å². The first-order valence-corrected chi connectivity index (χ1v) is 7.83. The van der Waals surface area contributed by atoms with E-state index in [-0.39, 0.29) is 29.0 Å². The van der Waals surface area contributed by atoms with Crippen LogP contribution in [0.15, 0.2) is 28.0 Å². The zero-order valence-electron chi connectivity index (χ0n) is 10.5. The van der Waals surface area contributed by atoms with Crippen molar-refractivity contribution in [2.24, 2.45) is 5.92 Å². The number of hydrogen-bond donors (Lipinski definition) is 3. The first kappa shape index (κ1) is 14.2. The van der Waals surface area contributed by atoms with Crippen molar-refractivity contribution in [3.05, 3.63) is 28.7 Å². The van der Waals surface area contributed by atoms with Crippen LogP contribution in [0, 0.1) is 5.92 Å². The average Bonchev–Trinajstić information content (AvgIpc) is 2.39. The zero-order chi connectivity index (χ0) is 13.9.